The lowest BCUT2D eigenvalue weighted by Gasteiger charge is -2.34. The molecule has 0 N–H and O–H groups in total. The summed E-state index contributed by atoms with van der Waals surface area (Å²) in [6.07, 6.45) is 5.70. The highest BCUT2D eigenvalue weighted by Gasteiger charge is 2.32. The van der Waals surface area contributed by atoms with Crippen molar-refractivity contribution in [3.8, 4) is 0 Å². The summed E-state index contributed by atoms with van der Waals surface area (Å²) in [4.78, 5) is 14.0. The van der Waals surface area contributed by atoms with Gasteiger partial charge in [0.1, 0.15) is 0 Å². The van der Waals surface area contributed by atoms with Crippen molar-refractivity contribution in [1.29, 1.82) is 0 Å². The fourth-order valence-corrected chi connectivity index (χ4v) is 2.95. The van der Waals surface area contributed by atoms with E-state index in [1.54, 1.807) is 0 Å². The number of ether oxygens (including phenoxy) is 1. The molecule has 2 saturated heterocycles. The minimum atomic E-state index is -0.00560. The van der Waals surface area contributed by atoms with E-state index >= 15 is 0 Å². The van der Waals surface area contributed by atoms with Crippen LogP contribution in [0.3, 0.4) is 0 Å². The van der Waals surface area contributed by atoms with Crippen LogP contribution in [0.1, 0.15) is 39.0 Å². The first-order chi connectivity index (χ1) is 7.29. The molecule has 3 heteroatoms. The van der Waals surface area contributed by atoms with Crippen molar-refractivity contribution in [2.24, 2.45) is 5.92 Å². The lowest BCUT2D eigenvalue weighted by molar-refractivity contribution is -0.144. The second-order valence-corrected chi connectivity index (χ2v) is 4.73. The lowest BCUT2D eigenvalue weighted by atomic mass is 9.89. The van der Waals surface area contributed by atoms with E-state index in [4.69, 9.17) is 4.74 Å². The van der Waals surface area contributed by atoms with E-state index < -0.39 is 0 Å². The van der Waals surface area contributed by atoms with E-state index in [0.717, 1.165) is 6.04 Å². The first-order valence-electron chi connectivity index (χ1n) is 6.19. The van der Waals surface area contributed by atoms with Crippen molar-refractivity contribution in [1.82, 2.24) is 4.90 Å². The molecule has 0 amide bonds. The van der Waals surface area contributed by atoms with Gasteiger partial charge in [-0.05, 0) is 51.6 Å². The van der Waals surface area contributed by atoms with E-state index in [1.807, 2.05) is 6.92 Å². The molecule has 2 rings (SSSR count). The largest absolute Gasteiger partial charge is 0.466 e. The van der Waals surface area contributed by atoms with Crippen LogP contribution in [-0.4, -0.2) is 36.6 Å². The Morgan fingerprint density at radius 1 is 1.40 bits per heavy atom. The second kappa shape index (κ2) is 4.97. The molecule has 0 aliphatic carbocycles. The number of nitrogens with zero attached hydrogens (tertiary/aromatic N) is 1. The minimum Gasteiger partial charge on any atom is -0.466 e. The monoisotopic (exact) mass is 211 g/mol. The first-order valence-corrected chi connectivity index (χ1v) is 6.19. The van der Waals surface area contributed by atoms with E-state index in [2.05, 4.69) is 4.90 Å². The summed E-state index contributed by atoms with van der Waals surface area (Å²) in [5.74, 6) is 0.567. The smallest absolute Gasteiger partial charge is 0.306 e. The molecule has 0 aromatic heterocycles. The van der Waals surface area contributed by atoms with Gasteiger partial charge in [-0.2, -0.15) is 0 Å². The van der Waals surface area contributed by atoms with Crippen LogP contribution in [0, 0.1) is 5.92 Å². The molecular formula is C12H21NO2. The summed E-state index contributed by atoms with van der Waals surface area (Å²) < 4.78 is 5.00. The predicted octanol–water partition coefficient (Wildman–Crippen LogP) is 1.81. The van der Waals surface area contributed by atoms with Crippen molar-refractivity contribution in [3.63, 3.8) is 0 Å². The van der Waals surface area contributed by atoms with Gasteiger partial charge in [0.25, 0.3) is 0 Å². The van der Waals surface area contributed by atoms with Crippen LogP contribution in [0.25, 0.3) is 0 Å². The van der Waals surface area contributed by atoms with Gasteiger partial charge in [0.2, 0.25) is 0 Å². The van der Waals surface area contributed by atoms with Crippen LogP contribution in [-0.2, 0) is 9.53 Å². The number of carbonyl (C=O) groups is 1. The molecule has 0 aromatic rings. The maximum atomic E-state index is 11.4. The third kappa shape index (κ3) is 2.71. The summed E-state index contributed by atoms with van der Waals surface area (Å²) in [6, 6.07) is 0.762. The summed E-state index contributed by atoms with van der Waals surface area (Å²) in [6.45, 7) is 4.85. The zero-order valence-corrected chi connectivity index (χ0v) is 9.58. The van der Waals surface area contributed by atoms with Gasteiger partial charge in [0.05, 0.1) is 6.61 Å². The van der Waals surface area contributed by atoms with Gasteiger partial charge in [-0.3, -0.25) is 4.79 Å². The quantitative estimate of drug-likeness (QED) is 0.667. The molecule has 0 bridgehead atoms. The molecule has 0 aromatic carbocycles. The third-order valence-corrected chi connectivity index (χ3v) is 3.69. The first kappa shape index (κ1) is 10.9. The van der Waals surface area contributed by atoms with Crippen molar-refractivity contribution in [2.45, 2.75) is 45.1 Å². The van der Waals surface area contributed by atoms with Crippen molar-refractivity contribution >= 4 is 5.97 Å². The molecular weight excluding hydrogens is 190 g/mol. The SMILES string of the molecule is CCOC(=O)CC1CCN2CCC[C@@H]2C1. The van der Waals surface area contributed by atoms with Crippen LogP contribution in [0.4, 0.5) is 0 Å². The summed E-state index contributed by atoms with van der Waals surface area (Å²) in [5.41, 5.74) is 0. The standard InChI is InChI=1S/C12H21NO2/c1-2-15-12(14)9-10-5-7-13-6-3-4-11(13)8-10/h10-11H,2-9H2,1H3/t10?,11-/m1/s1. The van der Waals surface area contributed by atoms with Crippen LogP contribution in [0.2, 0.25) is 0 Å². The molecule has 2 heterocycles. The number of fused-ring (bicyclic) bond motifs is 1. The molecule has 2 fully saturated rings. The van der Waals surface area contributed by atoms with Gasteiger partial charge in [-0.25, -0.2) is 0 Å². The molecule has 0 spiro atoms. The molecule has 1 unspecified atom stereocenters. The summed E-state index contributed by atoms with van der Waals surface area (Å²) >= 11 is 0. The molecule has 86 valence electrons. The number of piperidine rings is 1. The van der Waals surface area contributed by atoms with Crippen molar-refractivity contribution in [2.75, 3.05) is 19.7 Å². The molecule has 0 radical (unpaired) electrons. The van der Waals surface area contributed by atoms with E-state index in [-0.39, 0.29) is 5.97 Å². The molecule has 0 saturated carbocycles. The predicted molar refractivity (Wildman–Crippen MR) is 58.6 cm³/mol. The molecule has 3 nitrogen and oxygen atoms in total. The van der Waals surface area contributed by atoms with Crippen LogP contribution in [0.5, 0.6) is 0 Å². The van der Waals surface area contributed by atoms with Crippen LogP contribution < -0.4 is 0 Å². The Hall–Kier alpha value is -0.570. The van der Waals surface area contributed by atoms with Crippen LogP contribution in [0.15, 0.2) is 0 Å². The highest BCUT2D eigenvalue weighted by atomic mass is 16.5. The zero-order valence-electron chi connectivity index (χ0n) is 9.58. The number of esters is 1. The molecule has 2 aliphatic heterocycles. The van der Waals surface area contributed by atoms with E-state index in [9.17, 15) is 4.79 Å². The minimum absolute atomic E-state index is 0.00560. The maximum absolute atomic E-state index is 11.4. The Bertz CT molecular complexity index is 230. The zero-order chi connectivity index (χ0) is 10.7. The van der Waals surface area contributed by atoms with Crippen LogP contribution >= 0.6 is 0 Å². The Morgan fingerprint density at radius 3 is 3.07 bits per heavy atom. The van der Waals surface area contributed by atoms with E-state index in [0.29, 0.717) is 18.9 Å². The van der Waals surface area contributed by atoms with Gasteiger partial charge in [0, 0.05) is 12.5 Å². The number of rotatable bonds is 3. The fourth-order valence-electron chi connectivity index (χ4n) is 2.95. The van der Waals surface area contributed by atoms with E-state index in [1.165, 1.54) is 38.8 Å². The van der Waals surface area contributed by atoms with Gasteiger partial charge in [-0.15, -0.1) is 0 Å². The highest BCUT2D eigenvalue weighted by Crippen LogP contribution is 2.31. The van der Waals surface area contributed by atoms with Gasteiger partial charge < -0.3 is 9.64 Å². The average Bonchev–Trinajstić information content (AvgIpc) is 2.65. The van der Waals surface area contributed by atoms with Gasteiger partial charge in [0.15, 0.2) is 0 Å². The van der Waals surface area contributed by atoms with Crippen molar-refractivity contribution in [3.05, 3.63) is 0 Å². The molecule has 2 atom stereocenters. The van der Waals surface area contributed by atoms with Crippen molar-refractivity contribution < 1.29 is 9.53 Å². The summed E-state index contributed by atoms with van der Waals surface area (Å²) in [5, 5.41) is 0. The fraction of sp³-hybridized carbons (Fsp3) is 0.917. The molecule has 2 aliphatic rings. The van der Waals surface area contributed by atoms with Gasteiger partial charge in [-0.1, -0.05) is 0 Å². The normalized spacial score (nSPS) is 31.3. The summed E-state index contributed by atoms with van der Waals surface area (Å²) in [7, 11) is 0. The number of hydrogen-bond donors (Lipinski definition) is 0. The topological polar surface area (TPSA) is 29.5 Å². The Morgan fingerprint density at radius 2 is 2.27 bits per heavy atom. The maximum Gasteiger partial charge on any atom is 0.306 e. The number of hydrogen-bond acceptors (Lipinski definition) is 3. The second-order valence-electron chi connectivity index (χ2n) is 4.73. The average molecular weight is 211 g/mol. The highest BCUT2D eigenvalue weighted by molar-refractivity contribution is 5.69. The lowest BCUT2D eigenvalue weighted by Crippen LogP contribution is -2.38. The Balaban J connectivity index is 1.77. The Labute approximate surface area is 91.8 Å². The number of carbonyl (C=O) groups excluding carboxylic acids is 1. The molecule has 15 heavy (non-hydrogen) atoms. The van der Waals surface area contributed by atoms with Gasteiger partial charge >= 0.3 is 5.97 Å². The third-order valence-electron chi connectivity index (χ3n) is 3.69. The Kier molecular flexibility index (Phi) is 3.62.